The van der Waals surface area contributed by atoms with Crippen LogP contribution in [0.2, 0.25) is 5.02 Å². The lowest BCUT2D eigenvalue weighted by Crippen LogP contribution is -2.36. The Morgan fingerprint density at radius 2 is 2.16 bits per heavy atom. The third-order valence-corrected chi connectivity index (χ3v) is 4.23. The fraction of sp³-hybridized carbons (Fsp3) is 0.333. The zero-order chi connectivity index (χ0) is 18.4. The van der Waals surface area contributed by atoms with Crippen molar-refractivity contribution in [3.05, 3.63) is 23.2 Å². The maximum absolute atomic E-state index is 11.8. The molecule has 0 aliphatic heterocycles. The van der Waals surface area contributed by atoms with Crippen LogP contribution in [0.1, 0.15) is 0 Å². The number of ether oxygens (including phenoxy) is 1. The zero-order valence-corrected chi connectivity index (χ0v) is 15.6. The van der Waals surface area contributed by atoms with Gasteiger partial charge >= 0.3 is 0 Å². The number of aromatic amines is 1. The molecule has 1 aromatic carbocycles. The molecule has 134 valence electrons. The standard InChI is InChI=1S/C15H18ClN5O3S/c1-21(2)13(23)7-17-12(22)8-25-15-18-14(19-20-15)10-6-9(16)4-5-11(10)24-3/h4-6H,7-8H2,1-3H3,(H,17,22)(H,18,19,20). The Morgan fingerprint density at radius 3 is 2.84 bits per heavy atom. The highest BCUT2D eigenvalue weighted by molar-refractivity contribution is 7.99. The number of carbonyl (C=O) groups excluding carboxylic acids is 2. The van der Waals surface area contributed by atoms with Crippen LogP contribution in [0.3, 0.4) is 0 Å². The van der Waals surface area contributed by atoms with Gasteiger partial charge in [-0.1, -0.05) is 23.4 Å². The lowest BCUT2D eigenvalue weighted by molar-refractivity contribution is -0.130. The van der Waals surface area contributed by atoms with Gasteiger partial charge in [0.15, 0.2) is 5.82 Å². The molecule has 8 nitrogen and oxygen atoms in total. The summed E-state index contributed by atoms with van der Waals surface area (Å²) in [7, 11) is 4.81. The van der Waals surface area contributed by atoms with Crippen LogP contribution < -0.4 is 10.1 Å². The topological polar surface area (TPSA) is 100 Å². The third-order valence-electron chi connectivity index (χ3n) is 3.15. The molecule has 0 aliphatic carbocycles. The van der Waals surface area contributed by atoms with E-state index in [1.807, 2.05) is 0 Å². The van der Waals surface area contributed by atoms with Gasteiger partial charge in [0.05, 0.1) is 25.0 Å². The van der Waals surface area contributed by atoms with Crippen molar-refractivity contribution in [2.75, 3.05) is 33.5 Å². The maximum Gasteiger partial charge on any atom is 0.241 e. The van der Waals surface area contributed by atoms with Crippen molar-refractivity contribution in [3.8, 4) is 17.1 Å². The third kappa shape index (κ3) is 5.36. The molecule has 0 fully saturated rings. The van der Waals surface area contributed by atoms with E-state index in [9.17, 15) is 9.59 Å². The van der Waals surface area contributed by atoms with E-state index in [1.54, 1.807) is 39.4 Å². The summed E-state index contributed by atoms with van der Waals surface area (Å²) in [4.78, 5) is 28.9. The van der Waals surface area contributed by atoms with Crippen LogP contribution in [0.5, 0.6) is 5.75 Å². The Labute approximate surface area is 154 Å². The number of hydrogen-bond donors (Lipinski definition) is 2. The number of aromatic nitrogens is 3. The summed E-state index contributed by atoms with van der Waals surface area (Å²) in [5.74, 6) is 0.755. The molecule has 0 aliphatic rings. The molecule has 1 aromatic heterocycles. The van der Waals surface area contributed by atoms with E-state index in [2.05, 4.69) is 20.5 Å². The van der Waals surface area contributed by atoms with E-state index in [0.717, 1.165) is 11.8 Å². The minimum Gasteiger partial charge on any atom is -0.496 e. The van der Waals surface area contributed by atoms with E-state index >= 15 is 0 Å². The van der Waals surface area contributed by atoms with Gasteiger partial charge < -0.3 is 15.0 Å². The summed E-state index contributed by atoms with van der Waals surface area (Å²) >= 11 is 7.17. The molecule has 1 heterocycles. The molecule has 2 amide bonds. The molecule has 0 spiro atoms. The Hall–Kier alpha value is -2.26. The van der Waals surface area contributed by atoms with Gasteiger partial charge in [-0.15, -0.1) is 5.10 Å². The molecule has 2 N–H and O–H groups in total. The van der Waals surface area contributed by atoms with Crippen molar-refractivity contribution in [3.63, 3.8) is 0 Å². The number of rotatable bonds is 7. The Kier molecular flexibility index (Phi) is 6.65. The highest BCUT2D eigenvalue weighted by Gasteiger charge is 2.13. The summed E-state index contributed by atoms with van der Waals surface area (Å²) in [5.41, 5.74) is 0.676. The molecular formula is C15H18ClN5O3S. The molecule has 25 heavy (non-hydrogen) atoms. The van der Waals surface area contributed by atoms with Crippen molar-refractivity contribution in [1.29, 1.82) is 0 Å². The average Bonchev–Trinajstić information content (AvgIpc) is 3.06. The van der Waals surface area contributed by atoms with Crippen molar-refractivity contribution in [2.45, 2.75) is 5.16 Å². The molecule has 2 aromatic rings. The van der Waals surface area contributed by atoms with Gasteiger partial charge in [-0.2, -0.15) is 0 Å². The number of H-pyrrole nitrogens is 1. The van der Waals surface area contributed by atoms with Gasteiger partial charge in [-0.05, 0) is 18.2 Å². The summed E-state index contributed by atoms with van der Waals surface area (Å²) in [6, 6.07) is 5.17. The highest BCUT2D eigenvalue weighted by atomic mass is 35.5. The quantitative estimate of drug-likeness (QED) is 0.701. The van der Waals surface area contributed by atoms with Crippen molar-refractivity contribution in [2.24, 2.45) is 0 Å². The lowest BCUT2D eigenvalue weighted by Gasteiger charge is -2.10. The number of methoxy groups -OCH3 is 1. The second-order valence-electron chi connectivity index (χ2n) is 5.16. The van der Waals surface area contributed by atoms with Crippen molar-refractivity contribution < 1.29 is 14.3 Å². The second kappa shape index (κ2) is 8.72. The number of amides is 2. The number of likely N-dealkylation sites (N-methyl/N-ethyl adjacent to an activating group) is 1. The first kappa shape index (κ1) is 19.1. The highest BCUT2D eigenvalue weighted by Crippen LogP contribution is 2.31. The molecule has 0 saturated carbocycles. The molecule has 0 radical (unpaired) electrons. The number of hydrogen-bond acceptors (Lipinski definition) is 6. The van der Waals surface area contributed by atoms with Crippen LogP contribution in [0.4, 0.5) is 0 Å². The summed E-state index contributed by atoms with van der Waals surface area (Å²) in [6.07, 6.45) is 0. The number of thioether (sulfide) groups is 1. The zero-order valence-electron chi connectivity index (χ0n) is 14.0. The van der Waals surface area contributed by atoms with Crippen molar-refractivity contribution >= 4 is 35.2 Å². The largest absolute Gasteiger partial charge is 0.496 e. The summed E-state index contributed by atoms with van der Waals surface area (Å²) in [5, 5.41) is 10.4. The normalized spacial score (nSPS) is 10.4. The minimum atomic E-state index is -0.271. The molecular weight excluding hydrogens is 366 g/mol. The van der Waals surface area contributed by atoms with E-state index < -0.39 is 0 Å². The SMILES string of the molecule is COc1ccc(Cl)cc1-c1nc(SCC(=O)NCC(=O)N(C)C)n[nH]1. The van der Waals surface area contributed by atoms with Crippen LogP contribution in [0.25, 0.3) is 11.4 Å². The van der Waals surface area contributed by atoms with Gasteiger partial charge in [-0.25, -0.2) is 4.98 Å². The van der Waals surface area contributed by atoms with E-state index in [0.29, 0.717) is 27.3 Å². The van der Waals surface area contributed by atoms with Gasteiger partial charge in [0.25, 0.3) is 0 Å². The van der Waals surface area contributed by atoms with Gasteiger partial charge in [0.2, 0.25) is 17.0 Å². The fourth-order valence-electron chi connectivity index (χ4n) is 1.81. The second-order valence-corrected chi connectivity index (χ2v) is 6.54. The predicted octanol–water partition coefficient (Wildman–Crippen LogP) is 1.43. The fourth-order valence-corrected chi connectivity index (χ4v) is 2.61. The van der Waals surface area contributed by atoms with Crippen molar-refractivity contribution in [1.82, 2.24) is 25.4 Å². The first-order chi connectivity index (χ1) is 11.9. The molecule has 0 unspecified atom stereocenters. The van der Waals surface area contributed by atoms with Gasteiger partial charge in [0.1, 0.15) is 5.75 Å². The molecule has 0 bridgehead atoms. The molecule has 10 heteroatoms. The Balaban J connectivity index is 1.95. The molecule has 0 saturated heterocycles. The van der Waals surface area contributed by atoms with Gasteiger partial charge in [0, 0.05) is 19.1 Å². The first-order valence-corrected chi connectivity index (χ1v) is 8.63. The predicted molar refractivity (Wildman–Crippen MR) is 95.8 cm³/mol. The van der Waals surface area contributed by atoms with Crippen LogP contribution in [0, 0.1) is 0 Å². The molecule has 0 atom stereocenters. The van der Waals surface area contributed by atoms with Gasteiger partial charge in [-0.3, -0.25) is 14.7 Å². The Bertz CT molecular complexity index is 765. The van der Waals surface area contributed by atoms with Crippen LogP contribution >= 0.6 is 23.4 Å². The van der Waals surface area contributed by atoms with Crippen LogP contribution in [0.15, 0.2) is 23.4 Å². The average molecular weight is 384 g/mol. The lowest BCUT2D eigenvalue weighted by atomic mass is 10.2. The number of nitrogens with one attached hydrogen (secondary N) is 2. The monoisotopic (exact) mass is 383 g/mol. The first-order valence-electron chi connectivity index (χ1n) is 7.26. The van der Waals surface area contributed by atoms with E-state index in [1.165, 1.54) is 4.90 Å². The molecule has 2 rings (SSSR count). The summed E-state index contributed by atoms with van der Waals surface area (Å²) in [6.45, 7) is -0.0364. The van der Waals surface area contributed by atoms with Crippen LogP contribution in [-0.2, 0) is 9.59 Å². The number of halogens is 1. The Morgan fingerprint density at radius 1 is 1.40 bits per heavy atom. The number of carbonyl (C=O) groups is 2. The number of nitrogens with zero attached hydrogens (tertiary/aromatic N) is 3. The van der Waals surface area contributed by atoms with Crippen LogP contribution in [-0.4, -0.2) is 65.4 Å². The maximum atomic E-state index is 11.8. The smallest absolute Gasteiger partial charge is 0.241 e. The van der Waals surface area contributed by atoms with E-state index in [4.69, 9.17) is 16.3 Å². The van der Waals surface area contributed by atoms with E-state index in [-0.39, 0.29) is 24.1 Å². The summed E-state index contributed by atoms with van der Waals surface area (Å²) < 4.78 is 5.28. The minimum absolute atomic E-state index is 0.0364. The number of benzene rings is 1.